The minimum atomic E-state index is -1.03. The first-order valence-electron chi connectivity index (χ1n) is 5.32. The molecule has 1 saturated carbocycles. The van der Waals surface area contributed by atoms with Crippen molar-refractivity contribution in [3.05, 3.63) is 22.2 Å². The van der Waals surface area contributed by atoms with Gasteiger partial charge in [0.05, 0.1) is 21.4 Å². The van der Waals surface area contributed by atoms with Crippen molar-refractivity contribution in [3.8, 4) is 0 Å². The number of hydrogen-bond donors (Lipinski definition) is 3. The van der Waals surface area contributed by atoms with Crippen molar-refractivity contribution < 1.29 is 13.9 Å². The zero-order valence-corrected chi connectivity index (χ0v) is 10.7. The van der Waals surface area contributed by atoms with Gasteiger partial charge in [-0.2, -0.15) is 0 Å². The number of nitrogen functional groups attached to an aromatic ring is 1. The van der Waals surface area contributed by atoms with E-state index in [1.165, 1.54) is 6.07 Å². The van der Waals surface area contributed by atoms with Crippen LogP contribution in [0.4, 0.5) is 20.2 Å². The Bertz CT molecular complexity index is 450. The molecule has 0 aliphatic heterocycles. The van der Waals surface area contributed by atoms with Crippen LogP contribution in [-0.4, -0.2) is 17.3 Å². The van der Waals surface area contributed by atoms with E-state index in [4.69, 9.17) is 5.73 Å². The Hall–Kier alpha value is -0.880. The molecule has 0 heterocycles. The van der Waals surface area contributed by atoms with E-state index in [2.05, 4.69) is 21.2 Å². The molecule has 1 aliphatic rings. The minimum Gasteiger partial charge on any atom is -0.397 e. The number of nitrogens with one attached hydrogen (secondary N) is 1. The van der Waals surface area contributed by atoms with Crippen LogP contribution in [-0.2, 0) is 0 Å². The molecule has 0 spiro atoms. The second kappa shape index (κ2) is 4.42. The van der Waals surface area contributed by atoms with Crippen LogP contribution in [0.1, 0.15) is 19.3 Å². The zero-order valence-electron chi connectivity index (χ0n) is 9.06. The van der Waals surface area contributed by atoms with E-state index in [0.717, 1.165) is 6.42 Å². The molecule has 0 bridgehead atoms. The summed E-state index contributed by atoms with van der Waals surface area (Å²) in [7, 11) is 0. The van der Waals surface area contributed by atoms with Crippen molar-refractivity contribution in [2.45, 2.75) is 24.9 Å². The molecule has 1 aromatic rings. The third-order valence-electron chi connectivity index (χ3n) is 3.07. The average Bonchev–Trinajstić information content (AvgIpc) is 2.23. The molecule has 0 atom stereocenters. The first-order chi connectivity index (χ1) is 7.93. The normalized spacial score (nSPS) is 17.6. The van der Waals surface area contributed by atoms with Gasteiger partial charge in [0.2, 0.25) is 0 Å². The maximum Gasteiger partial charge on any atom is 0.185 e. The lowest BCUT2D eigenvalue weighted by molar-refractivity contribution is -0.0202. The van der Waals surface area contributed by atoms with Crippen LogP contribution in [0.25, 0.3) is 0 Å². The highest BCUT2D eigenvalue weighted by Crippen LogP contribution is 2.34. The first-order valence-corrected chi connectivity index (χ1v) is 6.11. The van der Waals surface area contributed by atoms with Gasteiger partial charge >= 0.3 is 0 Å². The van der Waals surface area contributed by atoms with Crippen molar-refractivity contribution in [1.29, 1.82) is 0 Å². The van der Waals surface area contributed by atoms with E-state index in [1.807, 2.05) is 0 Å². The number of nitrogens with two attached hydrogens (primary N) is 1. The van der Waals surface area contributed by atoms with Crippen LogP contribution in [0.15, 0.2) is 10.5 Å². The summed E-state index contributed by atoms with van der Waals surface area (Å²) in [5.41, 5.74) is 4.80. The molecule has 0 saturated heterocycles. The van der Waals surface area contributed by atoms with E-state index >= 15 is 0 Å². The van der Waals surface area contributed by atoms with Crippen LogP contribution in [0.2, 0.25) is 0 Å². The largest absolute Gasteiger partial charge is 0.397 e. The fraction of sp³-hybridized carbons (Fsp3) is 0.455. The van der Waals surface area contributed by atoms with Gasteiger partial charge in [0.1, 0.15) is 0 Å². The number of halogens is 3. The summed E-state index contributed by atoms with van der Waals surface area (Å²) in [4.78, 5) is 0. The number of benzene rings is 1. The predicted molar refractivity (Wildman–Crippen MR) is 65.8 cm³/mol. The van der Waals surface area contributed by atoms with Crippen molar-refractivity contribution in [2.75, 3.05) is 17.6 Å². The molecule has 94 valence electrons. The maximum atomic E-state index is 13.6. The highest BCUT2D eigenvalue weighted by atomic mass is 79.9. The fourth-order valence-corrected chi connectivity index (χ4v) is 2.23. The highest BCUT2D eigenvalue weighted by molar-refractivity contribution is 9.10. The summed E-state index contributed by atoms with van der Waals surface area (Å²) in [6.07, 6.45) is 2.28. The van der Waals surface area contributed by atoms with Gasteiger partial charge in [-0.25, -0.2) is 8.78 Å². The van der Waals surface area contributed by atoms with E-state index in [9.17, 15) is 13.9 Å². The number of anilines is 2. The van der Waals surface area contributed by atoms with E-state index < -0.39 is 17.2 Å². The lowest BCUT2D eigenvalue weighted by Crippen LogP contribution is -2.43. The summed E-state index contributed by atoms with van der Waals surface area (Å²) in [6.45, 7) is 0.176. The van der Waals surface area contributed by atoms with Gasteiger partial charge in [-0.3, -0.25) is 0 Å². The zero-order chi connectivity index (χ0) is 12.6. The Labute approximate surface area is 106 Å². The van der Waals surface area contributed by atoms with Gasteiger partial charge in [0.15, 0.2) is 11.6 Å². The van der Waals surface area contributed by atoms with Gasteiger partial charge < -0.3 is 16.2 Å². The summed E-state index contributed by atoms with van der Waals surface area (Å²) in [5, 5.41) is 12.5. The second-order valence-electron chi connectivity index (χ2n) is 4.38. The molecule has 1 aliphatic carbocycles. The molecular weight excluding hydrogens is 294 g/mol. The average molecular weight is 307 g/mol. The van der Waals surface area contributed by atoms with Crippen LogP contribution in [0.3, 0.4) is 0 Å². The lowest BCUT2D eigenvalue weighted by Gasteiger charge is -2.37. The highest BCUT2D eigenvalue weighted by Gasteiger charge is 2.34. The van der Waals surface area contributed by atoms with Crippen LogP contribution >= 0.6 is 15.9 Å². The van der Waals surface area contributed by atoms with Crippen LogP contribution in [0.5, 0.6) is 0 Å². The molecule has 0 aromatic heterocycles. The summed E-state index contributed by atoms with van der Waals surface area (Å²) >= 11 is 2.87. The molecule has 0 radical (unpaired) electrons. The van der Waals surface area contributed by atoms with Gasteiger partial charge in [0.25, 0.3) is 0 Å². The Morgan fingerprint density at radius 3 is 2.59 bits per heavy atom. The fourth-order valence-electron chi connectivity index (χ4n) is 1.81. The van der Waals surface area contributed by atoms with Crippen molar-refractivity contribution >= 4 is 27.3 Å². The Morgan fingerprint density at radius 1 is 1.41 bits per heavy atom. The SMILES string of the molecule is Nc1cc(Br)c(F)c(F)c1NCC1(O)CCC1. The van der Waals surface area contributed by atoms with Gasteiger partial charge in [-0.05, 0) is 41.3 Å². The van der Waals surface area contributed by atoms with Crippen LogP contribution in [0, 0.1) is 11.6 Å². The molecule has 0 amide bonds. The number of aliphatic hydroxyl groups is 1. The van der Waals surface area contributed by atoms with E-state index in [0.29, 0.717) is 12.8 Å². The van der Waals surface area contributed by atoms with Crippen molar-refractivity contribution in [1.82, 2.24) is 0 Å². The lowest BCUT2D eigenvalue weighted by atomic mass is 9.80. The molecule has 6 heteroatoms. The predicted octanol–water partition coefficient (Wildman–Crippen LogP) is 2.64. The third-order valence-corrected chi connectivity index (χ3v) is 3.65. The van der Waals surface area contributed by atoms with Crippen molar-refractivity contribution in [2.24, 2.45) is 0 Å². The summed E-state index contributed by atoms with van der Waals surface area (Å²) < 4.78 is 26.9. The van der Waals surface area contributed by atoms with Gasteiger partial charge in [0, 0.05) is 6.54 Å². The second-order valence-corrected chi connectivity index (χ2v) is 5.24. The molecule has 0 unspecified atom stereocenters. The molecular formula is C11H13BrF2N2O. The van der Waals surface area contributed by atoms with E-state index in [-0.39, 0.29) is 22.4 Å². The molecule has 17 heavy (non-hydrogen) atoms. The minimum absolute atomic E-state index is 0.0135. The Balaban J connectivity index is 2.18. The van der Waals surface area contributed by atoms with E-state index in [1.54, 1.807) is 0 Å². The Kier molecular flexibility index (Phi) is 3.27. The first kappa shape index (κ1) is 12.6. The van der Waals surface area contributed by atoms with Gasteiger partial charge in [-0.1, -0.05) is 0 Å². The number of rotatable bonds is 3. The third kappa shape index (κ3) is 2.37. The summed E-state index contributed by atoms with van der Waals surface area (Å²) in [6, 6.07) is 1.30. The quantitative estimate of drug-likeness (QED) is 0.594. The monoisotopic (exact) mass is 306 g/mol. The molecule has 4 N–H and O–H groups in total. The molecule has 1 aromatic carbocycles. The summed E-state index contributed by atoms with van der Waals surface area (Å²) in [5.74, 6) is -2.01. The Morgan fingerprint density at radius 2 is 2.06 bits per heavy atom. The number of hydrogen-bond acceptors (Lipinski definition) is 3. The van der Waals surface area contributed by atoms with Crippen molar-refractivity contribution in [3.63, 3.8) is 0 Å². The topological polar surface area (TPSA) is 58.3 Å². The maximum absolute atomic E-state index is 13.6. The standard InChI is InChI=1S/C11H13BrF2N2O/c12-6-4-7(15)10(9(14)8(6)13)16-5-11(17)2-1-3-11/h4,16-17H,1-3,5,15H2. The smallest absolute Gasteiger partial charge is 0.185 e. The molecule has 1 fully saturated rings. The molecule has 2 rings (SSSR count). The molecule has 3 nitrogen and oxygen atoms in total. The van der Waals surface area contributed by atoms with Gasteiger partial charge in [-0.15, -0.1) is 0 Å². The van der Waals surface area contributed by atoms with Crippen LogP contribution < -0.4 is 11.1 Å².